The number of para-hydroxylation sites is 1. The lowest BCUT2D eigenvalue weighted by Crippen LogP contribution is -2.21. The Kier molecular flexibility index (Phi) is 4.25. The van der Waals surface area contributed by atoms with Crippen molar-refractivity contribution >= 4 is 56.6 Å². The van der Waals surface area contributed by atoms with Crippen LogP contribution in [0.5, 0.6) is 0 Å². The molecule has 25 heavy (non-hydrogen) atoms. The first-order chi connectivity index (χ1) is 12.1. The Balaban J connectivity index is 2.01. The van der Waals surface area contributed by atoms with Gasteiger partial charge < -0.3 is 0 Å². The van der Waals surface area contributed by atoms with E-state index < -0.39 is 0 Å². The van der Waals surface area contributed by atoms with Crippen LogP contribution in [0, 0.1) is 6.92 Å². The molecule has 0 aliphatic carbocycles. The van der Waals surface area contributed by atoms with Crippen molar-refractivity contribution in [1.29, 1.82) is 0 Å². The second-order valence-corrected chi connectivity index (χ2v) is 7.76. The third kappa shape index (κ3) is 3.04. The average molecular weight is 386 g/mol. The summed E-state index contributed by atoms with van der Waals surface area (Å²) in [5.41, 5.74) is 3.79. The molecule has 0 radical (unpaired) electrons. The highest BCUT2D eigenvalue weighted by Crippen LogP contribution is 2.25. The van der Waals surface area contributed by atoms with Gasteiger partial charge in [0.05, 0.1) is 27.4 Å². The van der Waals surface area contributed by atoms with Crippen LogP contribution < -0.4 is 5.56 Å². The lowest BCUT2D eigenvalue weighted by molar-refractivity contribution is 0.947. The summed E-state index contributed by atoms with van der Waals surface area (Å²) in [5.74, 6) is 0.524. The predicted molar refractivity (Wildman–Crippen MR) is 106 cm³/mol. The molecule has 0 unspecified atom stereocenters. The monoisotopic (exact) mass is 385 g/mol. The van der Waals surface area contributed by atoms with Crippen molar-refractivity contribution in [3.05, 3.63) is 73.0 Å². The number of benzene rings is 1. The first kappa shape index (κ1) is 16.2. The van der Waals surface area contributed by atoms with E-state index in [9.17, 15) is 4.79 Å². The van der Waals surface area contributed by atoms with Gasteiger partial charge in [0.25, 0.3) is 5.56 Å². The lowest BCUT2D eigenvalue weighted by Gasteiger charge is -2.11. The molecule has 0 saturated heterocycles. The van der Waals surface area contributed by atoms with Gasteiger partial charge in [-0.15, -0.1) is 22.7 Å². The number of thiophene rings is 1. The van der Waals surface area contributed by atoms with Crippen LogP contribution in [-0.2, 0) is 0 Å². The molecule has 0 saturated carbocycles. The molecule has 7 heteroatoms. The van der Waals surface area contributed by atoms with Crippen LogP contribution in [0.1, 0.15) is 16.4 Å². The first-order valence-corrected chi connectivity index (χ1v) is 9.61. The highest BCUT2D eigenvalue weighted by molar-refractivity contribution is 7.18. The zero-order chi connectivity index (χ0) is 17.4. The maximum absolute atomic E-state index is 13.1. The number of aryl methyl sites for hydroxylation is 1. The fourth-order valence-corrected chi connectivity index (χ4v) is 4.18. The van der Waals surface area contributed by atoms with Gasteiger partial charge in [-0.2, -0.15) is 0 Å². The highest BCUT2D eigenvalue weighted by Gasteiger charge is 2.15. The zero-order valence-corrected chi connectivity index (χ0v) is 15.5. The van der Waals surface area contributed by atoms with Crippen molar-refractivity contribution < 1.29 is 0 Å². The topological polar surface area (TPSA) is 47.8 Å². The molecule has 3 aromatic heterocycles. The van der Waals surface area contributed by atoms with E-state index in [2.05, 4.69) is 9.97 Å². The first-order valence-electron chi connectivity index (χ1n) is 7.48. The molecule has 124 valence electrons. The summed E-state index contributed by atoms with van der Waals surface area (Å²) in [4.78, 5) is 23.1. The van der Waals surface area contributed by atoms with Crippen LogP contribution in [0.3, 0.4) is 0 Å². The number of rotatable bonds is 3. The van der Waals surface area contributed by atoms with E-state index >= 15 is 0 Å². The number of fused-ring (bicyclic) bond motifs is 1. The molecule has 3 heterocycles. The number of halogens is 1. The molecular formula is C18H12ClN3OS2. The second-order valence-electron chi connectivity index (χ2n) is 5.38. The summed E-state index contributed by atoms with van der Waals surface area (Å²) in [6.07, 6.45) is 3.64. The lowest BCUT2D eigenvalue weighted by atomic mass is 10.3. The van der Waals surface area contributed by atoms with Crippen molar-refractivity contribution in [1.82, 2.24) is 14.5 Å². The van der Waals surface area contributed by atoms with Gasteiger partial charge in [0, 0.05) is 10.3 Å². The van der Waals surface area contributed by atoms with Crippen molar-refractivity contribution in [3.8, 4) is 5.69 Å². The fourth-order valence-electron chi connectivity index (χ4n) is 2.56. The average Bonchev–Trinajstić information content (AvgIpc) is 3.23. The number of hydrogen-bond acceptors (Lipinski definition) is 5. The van der Waals surface area contributed by atoms with E-state index in [0.717, 1.165) is 10.6 Å². The molecule has 0 aliphatic heterocycles. The van der Waals surface area contributed by atoms with Crippen LogP contribution >= 0.6 is 34.3 Å². The smallest absolute Gasteiger partial charge is 0.267 e. The Labute approximate surface area is 156 Å². The third-order valence-corrected chi connectivity index (χ3v) is 5.60. The minimum absolute atomic E-state index is 0.117. The molecule has 0 fully saturated rings. The zero-order valence-electron chi connectivity index (χ0n) is 13.1. The number of nitrogens with zero attached hydrogens (tertiary/aromatic N) is 3. The van der Waals surface area contributed by atoms with Crippen LogP contribution in [-0.4, -0.2) is 14.5 Å². The summed E-state index contributed by atoms with van der Waals surface area (Å²) in [7, 11) is 0. The summed E-state index contributed by atoms with van der Waals surface area (Å²) in [6, 6.07) is 9.20. The Bertz CT molecular complexity index is 1140. The molecular weight excluding hydrogens is 374 g/mol. The van der Waals surface area contributed by atoms with Crippen molar-refractivity contribution in [2.45, 2.75) is 6.92 Å². The molecule has 4 rings (SSSR count). The van der Waals surface area contributed by atoms with Gasteiger partial charge in [0.1, 0.15) is 10.5 Å². The third-order valence-electron chi connectivity index (χ3n) is 3.65. The van der Waals surface area contributed by atoms with E-state index in [1.807, 2.05) is 42.6 Å². The largest absolute Gasteiger partial charge is 0.276 e. The molecule has 1 aromatic carbocycles. The van der Waals surface area contributed by atoms with E-state index in [-0.39, 0.29) is 5.56 Å². The van der Waals surface area contributed by atoms with Crippen molar-refractivity contribution in [2.75, 3.05) is 0 Å². The minimum atomic E-state index is -0.117. The molecule has 0 N–H and O–H groups in total. The van der Waals surface area contributed by atoms with E-state index in [4.69, 9.17) is 11.6 Å². The van der Waals surface area contributed by atoms with Crippen LogP contribution in [0.25, 0.3) is 28.1 Å². The molecule has 0 atom stereocenters. The van der Waals surface area contributed by atoms with E-state index in [1.165, 1.54) is 22.7 Å². The molecule has 0 bridgehead atoms. The summed E-state index contributed by atoms with van der Waals surface area (Å²) in [5, 5.41) is 2.43. The van der Waals surface area contributed by atoms with Crippen molar-refractivity contribution in [2.24, 2.45) is 0 Å². The van der Waals surface area contributed by atoms with E-state index in [0.29, 0.717) is 26.8 Å². The molecule has 4 aromatic rings. The SMILES string of the molecule is Cc1cc2nc(C=Cc3cscn3)n(-c3ccccc3Cl)c(=O)c2s1. The van der Waals surface area contributed by atoms with Gasteiger partial charge in [-0.3, -0.25) is 9.36 Å². The quantitative estimate of drug-likeness (QED) is 0.496. The standard InChI is InChI=1S/C18H12ClN3OS2/c1-11-8-14-17(25-11)18(23)22(15-5-3-2-4-13(15)19)16(21-14)7-6-12-9-24-10-20-12/h2-10H,1H3. The molecule has 0 amide bonds. The van der Waals surface area contributed by atoms with Gasteiger partial charge in [0.2, 0.25) is 0 Å². The predicted octanol–water partition coefficient (Wildman–Crippen LogP) is 5.04. The number of aromatic nitrogens is 3. The Morgan fingerprint density at radius 1 is 1.24 bits per heavy atom. The summed E-state index contributed by atoms with van der Waals surface area (Å²) in [6.45, 7) is 1.97. The molecule has 4 nitrogen and oxygen atoms in total. The number of thiazole rings is 1. The van der Waals surface area contributed by atoms with Gasteiger partial charge >= 0.3 is 0 Å². The summed E-state index contributed by atoms with van der Waals surface area (Å²) >= 11 is 9.30. The fraction of sp³-hybridized carbons (Fsp3) is 0.0556. The van der Waals surface area contributed by atoms with Crippen LogP contribution in [0.15, 0.2) is 46.0 Å². The highest BCUT2D eigenvalue weighted by atomic mass is 35.5. The maximum atomic E-state index is 13.1. The second kappa shape index (κ2) is 6.55. The Morgan fingerprint density at radius 3 is 2.84 bits per heavy atom. The molecule has 0 aliphatic rings. The molecule has 0 spiro atoms. The van der Waals surface area contributed by atoms with Gasteiger partial charge in [-0.25, -0.2) is 9.97 Å². The van der Waals surface area contributed by atoms with Crippen LogP contribution in [0.2, 0.25) is 5.02 Å². The minimum Gasteiger partial charge on any atom is -0.267 e. The summed E-state index contributed by atoms with van der Waals surface area (Å²) < 4.78 is 2.19. The van der Waals surface area contributed by atoms with Gasteiger partial charge in [0.15, 0.2) is 0 Å². The number of hydrogen-bond donors (Lipinski definition) is 0. The van der Waals surface area contributed by atoms with Gasteiger partial charge in [-0.05, 0) is 37.3 Å². The van der Waals surface area contributed by atoms with E-state index in [1.54, 1.807) is 22.2 Å². The van der Waals surface area contributed by atoms with Crippen molar-refractivity contribution in [3.63, 3.8) is 0 Å². The maximum Gasteiger partial charge on any atom is 0.276 e. The van der Waals surface area contributed by atoms with Gasteiger partial charge in [-0.1, -0.05) is 23.7 Å². The normalized spacial score (nSPS) is 11.6. The van der Waals surface area contributed by atoms with Crippen LogP contribution in [0.4, 0.5) is 0 Å². The Hall–Kier alpha value is -2.28. The Morgan fingerprint density at radius 2 is 2.08 bits per heavy atom.